The van der Waals surface area contributed by atoms with E-state index in [0.29, 0.717) is 11.3 Å². The molecule has 208 valence electrons. The Labute approximate surface area is 240 Å². The van der Waals surface area contributed by atoms with Crippen LogP contribution in [0.4, 0.5) is 22.0 Å². The third kappa shape index (κ3) is 3.57. The highest BCUT2D eigenvalue weighted by Crippen LogP contribution is 2.45. The van der Waals surface area contributed by atoms with E-state index < -0.39 is 34.6 Å². The summed E-state index contributed by atoms with van der Waals surface area (Å²) in [5.41, 5.74) is 4.11. The summed E-state index contributed by atoms with van der Waals surface area (Å²) in [6.07, 6.45) is 0. The highest BCUT2D eigenvalue weighted by molar-refractivity contribution is 6.27. The summed E-state index contributed by atoms with van der Waals surface area (Å²) in [6, 6.07) is 33.4. The van der Waals surface area contributed by atoms with Gasteiger partial charge in [0.1, 0.15) is 11.2 Å². The van der Waals surface area contributed by atoms with Crippen LogP contribution in [-0.4, -0.2) is 4.57 Å². The Bertz CT molecular complexity index is 2380. The molecule has 2 heterocycles. The van der Waals surface area contributed by atoms with Gasteiger partial charge in [-0.3, -0.25) is 0 Å². The lowest BCUT2D eigenvalue weighted by Gasteiger charge is -2.14. The first-order valence-electron chi connectivity index (χ1n) is 13.5. The lowest BCUT2D eigenvalue weighted by atomic mass is 9.98. The fourth-order valence-electron chi connectivity index (χ4n) is 6.10. The number of hydrogen-bond donors (Lipinski definition) is 0. The number of halogens is 5. The van der Waals surface area contributed by atoms with Gasteiger partial charge in [-0.25, -0.2) is 22.0 Å². The smallest absolute Gasteiger partial charge is 0.200 e. The van der Waals surface area contributed by atoms with E-state index in [9.17, 15) is 22.0 Å². The van der Waals surface area contributed by atoms with E-state index in [1.165, 1.54) is 18.2 Å². The van der Waals surface area contributed by atoms with Crippen LogP contribution in [0.3, 0.4) is 0 Å². The molecule has 0 saturated heterocycles. The van der Waals surface area contributed by atoms with Crippen molar-refractivity contribution in [3.05, 3.63) is 138 Å². The quantitative estimate of drug-likeness (QED) is 0.116. The molecule has 0 saturated carbocycles. The molecule has 0 atom stereocenters. The van der Waals surface area contributed by atoms with Crippen LogP contribution >= 0.6 is 0 Å². The molecule has 0 amide bonds. The first-order chi connectivity index (χ1) is 20.9. The Morgan fingerprint density at radius 3 is 1.91 bits per heavy atom. The number of benzene rings is 6. The maximum absolute atomic E-state index is 14.9. The first-order valence-corrected chi connectivity index (χ1v) is 13.5. The van der Waals surface area contributed by atoms with Crippen molar-refractivity contribution < 1.29 is 26.4 Å². The average molecular weight is 576 g/mol. The van der Waals surface area contributed by atoms with Crippen LogP contribution in [0, 0.1) is 29.1 Å². The van der Waals surface area contributed by atoms with Gasteiger partial charge < -0.3 is 8.98 Å². The van der Waals surface area contributed by atoms with Crippen LogP contribution in [0.1, 0.15) is 0 Å². The maximum atomic E-state index is 14.9. The van der Waals surface area contributed by atoms with Crippen LogP contribution in [-0.2, 0) is 0 Å². The van der Waals surface area contributed by atoms with E-state index in [2.05, 4.69) is 6.07 Å². The second kappa shape index (κ2) is 9.29. The molecule has 0 aliphatic carbocycles. The van der Waals surface area contributed by atoms with Gasteiger partial charge in [-0.15, -0.1) is 0 Å². The van der Waals surface area contributed by atoms with Gasteiger partial charge in [-0.1, -0.05) is 78.9 Å². The Kier molecular flexibility index (Phi) is 5.46. The predicted octanol–water partition coefficient (Wildman–Crippen LogP) is 10.7. The first kappa shape index (κ1) is 25.3. The number of nitrogens with zero attached hydrogens (tertiary/aromatic N) is 1. The van der Waals surface area contributed by atoms with Gasteiger partial charge in [-0.2, -0.15) is 0 Å². The summed E-state index contributed by atoms with van der Waals surface area (Å²) in [7, 11) is 0. The fourth-order valence-corrected chi connectivity index (χ4v) is 6.10. The molecule has 0 aliphatic heterocycles. The molecule has 0 unspecified atom stereocenters. The summed E-state index contributed by atoms with van der Waals surface area (Å²) in [5, 5.41) is 3.60. The molecule has 2 aromatic heterocycles. The SMILES string of the molecule is Fc1c(F)c(F)c(-c2cccc(-n3c4ccccc4c4c5oc6ccccc6c5cc(-c5ccccc5)c43)c2)c(F)c1F. The molecule has 0 spiro atoms. The predicted molar refractivity (Wildman–Crippen MR) is 159 cm³/mol. The van der Waals surface area contributed by atoms with Crippen molar-refractivity contribution in [3.63, 3.8) is 0 Å². The second-order valence-corrected chi connectivity index (χ2v) is 10.3. The van der Waals surface area contributed by atoms with Crippen LogP contribution in [0.2, 0.25) is 0 Å². The third-order valence-electron chi connectivity index (χ3n) is 7.97. The number of hydrogen-bond acceptors (Lipinski definition) is 1. The summed E-state index contributed by atoms with van der Waals surface area (Å²) in [6.45, 7) is 0. The number of aromatic nitrogens is 1. The van der Waals surface area contributed by atoms with Crippen molar-refractivity contribution in [1.82, 2.24) is 4.57 Å². The van der Waals surface area contributed by atoms with Gasteiger partial charge in [0.05, 0.1) is 22.0 Å². The Morgan fingerprint density at radius 1 is 0.512 bits per heavy atom. The topological polar surface area (TPSA) is 18.1 Å². The highest BCUT2D eigenvalue weighted by atomic mass is 19.2. The summed E-state index contributed by atoms with van der Waals surface area (Å²) < 4.78 is 80.4. The lowest BCUT2D eigenvalue weighted by molar-refractivity contribution is 0.381. The van der Waals surface area contributed by atoms with Gasteiger partial charge in [0, 0.05) is 27.4 Å². The van der Waals surface area contributed by atoms with Crippen molar-refractivity contribution in [2.75, 3.05) is 0 Å². The van der Waals surface area contributed by atoms with E-state index in [0.717, 1.165) is 49.3 Å². The third-order valence-corrected chi connectivity index (χ3v) is 7.97. The van der Waals surface area contributed by atoms with Crippen molar-refractivity contribution >= 4 is 43.7 Å². The van der Waals surface area contributed by atoms with Gasteiger partial charge in [0.15, 0.2) is 23.3 Å². The van der Waals surface area contributed by atoms with E-state index >= 15 is 0 Å². The summed E-state index contributed by atoms with van der Waals surface area (Å²) in [5.74, 6) is -9.95. The number of furan rings is 1. The van der Waals surface area contributed by atoms with E-state index in [-0.39, 0.29) is 5.56 Å². The van der Waals surface area contributed by atoms with Crippen molar-refractivity contribution in [2.24, 2.45) is 0 Å². The zero-order valence-corrected chi connectivity index (χ0v) is 22.1. The lowest BCUT2D eigenvalue weighted by Crippen LogP contribution is -2.04. The molecule has 8 aromatic rings. The zero-order valence-electron chi connectivity index (χ0n) is 22.1. The molecule has 8 rings (SSSR count). The Balaban J connectivity index is 1.53. The maximum Gasteiger partial charge on any atom is 0.200 e. The van der Waals surface area contributed by atoms with Crippen LogP contribution in [0.15, 0.2) is 114 Å². The minimum absolute atomic E-state index is 0.151. The van der Waals surface area contributed by atoms with E-state index in [4.69, 9.17) is 4.42 Å². The molecule has 0 bridgehead atoms. The number of fused-ring (bicyclic) bond motifs is 7. The normalized spacial score (nSPS) is 11.8. The second-order valence-electron chi connectivity index (χ2n) is 10.3. The Morgan fingerprint density at radius 2 is 1.14 bits per heavy atom. The van der Waals surface area contributed by atoms with Crippen LogP contribution < -0.4 is 0 Å². The number of rotatable bonds is 3. The highest BCUT2D eigenvalue weighted by Gasteiger charge is 2.27. The molecule has 7 heteroatoms. The molecule has 2 nitrogen and oxygen atoms in total. The van der Waals surface area contributed by atoms with Crippen molar-refractivity contribution in [2.45, 2.75) is 0 Å². The van der Waals surface area contributed by atoms with Crippen LogP contribution in [0.25, 0.3) is 71.7 Å². The zero-order chi connectivity index (χ0) is 29.4. The molecule has 0 N–H and O–H groups in total. The van der Waals surface area contributed by atoms with Gasteiger partial charge in [0.2, 0.25) is 5.82 Å². The Hall–Kier alpha value is -5.43. The number of para-hydroxylation sites is 2. The minimum Gasteiger partial charge on any atom is -0.455 e. The van der Waals surface area contributed by atoms with Crippen LogP contribution in [0.5, 0.6) is 0 Å². The summed E-state index contributed by atoms with van der Waals surface area (Å²) in [4.78, 5) is 0. The monoisotopic (exact) mass is 575 g/mol. The molecular weight excluding hydrogens is 557 g/mol. The van der Waals surface area contributed by atoms with E-state index in [1.54, 1.807) is 6.07 Å². The molecule has 6 aromatic carbocycles. The fraction of sp³-hybridized carbons (Fsp3) is 0. The largest absolute Gasteiger partial charge is 0.455 e. The van der Waals surface area contributed by atoms with Gasteiger partial charge in [-0.05, 0) is 41.5 Å². The van der Waals surface area contributed by atoms with E-state index in [1.807, 2.05) is 83.4 Å². The molecule has 43 heavy (non-hydrogen) atoms. The van der Waals surface area contributed by atoms with Crippen molar-refractivity contribution in [3.8, 4) is 27.9 Å². The molecule has 0 fully saturated rings. The average Bonchev–Trinajstić information content (AvgIpc) is 3.59. The van der Waals surface area contributed by atoms with Gasteiger partial charge >= 0.3 is 0 Å². The van der Waals surface area contributed by atoms with Gasteiger partial charge in [0.25, 0.3) is 0 Å². The molecule has 0 radical (unpaired) electrons. The molecular formula is C36H18F5NO. The standard InChI is InChI=1S/C36H18F5NO/c37-30-28(31(38)33(40)34(41)32(30)39)20-11-8-12-21(17-20)42-26-15-6-4-14-23(26)29-35(42)24(19-9-2-1-3-10-19)18-25-22-13-5-7-16-27(22)43-36(25)29/h1-18H. The van der Waals surface area contributed by atoms with Crippen molar-refractivity contribution in [1.29, 1.82) is 0 Å². The molecule has 0 aliphatic rings. The minimum atomic E-state index is -2.19. The summed E-state index contributed by atoms with van der Waals surface area (Å²) >= 11 is 0.